The Labute approximate surface area is 237 Å². The van der Waals surface area contributed by atoms with Gasteiger partial charge in [-0.15, -0.1) is 0 Å². The van der Waals surface area contributed by atoms with Crippen LogP contribution in [0.3, 0.4) is 0 Å². The molecule has 0 amide bonds. The van der Waals surface area contributed by atoms with Crippen LogP contribution >= 0.6 is 7.52 Å². The molecule has 1 saturated heterocycles. The molecule has 1 aliphatic heterocycles. The number of hydrogen-bond donors (Lipinski definition) is 4. The smallest absolute Gasteiger partial charge is 0.321 e. The molecule has 0 saturated carbocycles. The lowest BCUT2D eigenvalue weighted by molar-refractivity contribution is -0.139. The van der Waals surface area contributed by atoms with E-state index >= 15 is 0 Å². The van der Waals surface area contributed by atoms with E-state index in [0.717, 1.165) is 53.2 Å². The Hall–Kier alpha value is -2.64. The summed E-state index contributed by atoms with van der Waals surface area (Å²) in [5.41, 5.74) is 2.96. The zero-order valence-electron chi connectivity index (χ0n) is 23.6. The van der Waals surface area contributed by atoms with E-state index in [9.17, 15) is 14.5 Å². The van der Waals surface area contributed by atoms with Crippen LogP contribution in [0.4, 0.5) is 0 Å². The fraction of sp³-hybridized carbons (Fsp3) is 0.516. The molecular weight excluding hydrogens is 525 g/mol. The Bertz CT molecular complexity index is 1240. The third-order valence-corrected chi connectivity index (χ3v) is 9.95. The second kappa shape index (κ2) is 15.4. The van der Waals surface area contributed by atoms with Crippen LogP contribution in [0.25, 0.3) is 10.9 Å². The number of hydrogen-bond acceptors (Lipinski definition) is 5. The van der Waals surface area contributed by atoms with E-state index in [1.165, 1.54) is 25.7 Å². The minimum Gasteiger partial charge on any atom is -0.494 e. The van der Waals surface area contributed by atoms with Crippen molar-refractivity contribution in [3.8, 4) is 5.75 Å². The lowest BCUT2D eigenvalue weighted by Crippen LogP contribution is -2.37. The average molecular weight is 570 g/mol. The summed E-state index contributed by atoms with van der Waals surface area (Å²) in [5, 5.41) is 17.3. The van der Waals surface area contributed by atoms with Gasteiger partial charge in [-0.2, -0.15) is 0 Å². The van der Waals surface area contributed by atoms with E-state index in [0.29, 0.717) is 19.4 Å². The van der Waals surface area contributed by atoms with Crippen molar-refractivity contribution in [3.63, 3.8) is 0 Å². The maximum Gasteiger partial charge on any atom is 0.321 e. The topological polar surface area (TPSA) is 113 Å². The molecule has 0 spiro atoms. The van der Waals surface area contributed by atoms with E-state index in [2.05, 4.69) is 15.4 Å². The number of unbranched alkanes of at least 4 members (excludes halogenated alkanes) is 1. The molecule has 0 radical (unpaired) electrons. The molecule has 4 rings (SSSR count). The van der Waals surface area contributed by atoms with Gasteiger partial charge in [0.1, 0.15) is 11.8 Å². The van der Waals surface area contributed by atoms with Crippen molar-refractivity contribution >= 4 is 24.4 Å². The number of aliphatic carboxylic acids is 1. The first kappa shape index (κ1) is 30.3. The number of aromatic amines is 1. The minimum atomic E-state index is -3.36. The average Bonchev–Trinajstić information content (AvgIpc) is 3.37. The summed E-state index contributed by atoms with van der Waals surface area (Å²) < 4.78 is 25.4. The quantitative estimate of drug-likeness (QED) is 0.114. The molecule has 1 aliphatic rings. The second-order valence-corrected chi connectivity index (χ2v) is 13.1. The Morgan fingerprint density at radius 3 is 2.62 bits per heavy atom. The van der Waals surface area contributed by atoms with Crippen molar-refractivity contribution in [2.24, 2.45) is 5.92 Å². The molecule has 218 valence electrons. The van der Waals surface area contributed by atoms with Crippen molar-refractivity contribution in [1.82, 2.24) is 15.4 Å². The maximum absolute atomic E-state index is 13.6. The minimum absolute atomic E-state index is 0.200. The molecule has 1 fully saturated rings. The van der Waals surface area contributed by atoms with Crippen LogP contribution in [0.15, 0.2) is 54.7 Å². The molecule has 2 aromatic carbocycles. The van der Waals surface area contributed by atoms with Gasteiger partial charge in [0.2, 0.25) is 0 Å². The van der Waals surface area contributed by atoms with E-state index in [1.807, 2.05) is 61.7 Å². The lowest BCUT2D eigenvalue weighted by Gasteiger charge is -2.24. The fourth-order valence-corrected chi connectivity index (χ4v) is 7.37. The van der Waals surface area contributed by atoms with Crippen molar-refractivity contribution < 1.29 is 23.7 Å². The number of carboxylic acids is 1. The van der Waals surface area contributed by atoms with Gasteiger partial charge in [-0.1, -0.05) is 43.7 Å². The zero-order valence-corrected chi connectivity index (χ0v) is 24.5. The highest BCUT2D eigenvalue weighted by Gasteiger charge is 2.30. The van der Waals surface area contributed by atoms with E-state index in [1.54, 1.807) is 0 Å². The number of aromatic nitrogens is 1. The number of H-pyrrole nitrogens is 1. The highest BCUT2D eigenvalue weighted by molar-refractivity contribution is 7.56. The van der Waals surface area contributed by atoms with Gasteiger partial charge in [-0.05, 0) is 93.3 Å². The number of nitrogens with one attached hydrogen (secondary N) is 3. The summed E-state index contributed by atoms with van der Waals surface area (Å²) in [4.78, 5) is 15.3. The number of ether oxygens (including phenoxy) is 1. The molecule has 0 aliphatic carbocycles. The maximum atomic E-state index is 13.6. The second-order valence-electron chi connectivity index (χ2n) is 10.7. The summed E-state index contributed by atoms with van der Waals surface area (Å²) in [5.74, 6) is 0.571. The van der Waals surface area contributed by atoms with Gasteiger partial charge in [0.15, 0.2) is 0 Å². The fourth-order valence-electron chi connectivity index (χ4n) is 5.38. The summed E-state index contributed by atoms with van der Waals surface area (Å²) in [6, 6.07) is 14.5. The number of rotatable bonds is 17. The van der Waals surface area contributed by atoms with Crippen LogP contribution < -0.4 is 15.1 Å². The predicted octanol–water partition coefficient (Wildman–Crippen LogP) is 6.16. The molecule has 0 bridgehead atoms. The largest absolute Gasteiger partial charge is 0.494 e. The van der Waals surface area contributed by atoms with Gasteiger partial charge in [0.05, 0.1) is 13.2 Å². The Morgan fingerprint density at radius 2 is 1.88 bits per heavy atom. The number of para-hydroxylation sites is 1. The molecule has 8 nitrogen and oxygen atoms in total. The number of carboxylic acid groups (broad SMARTS) is 1. The van der Waals surface area contributed by atoms with Crippen molar-refractivity contribution in [3.05, 3.63) is 65.9 Å². The third-order valence-electron chi connectivity index (χ3n) is 7.61. The number of piperidine rings is 1. The van der Waals surface area contributed by atoms with Crippen LogP contribution in [-0.2, 0) is 26.7 Å². The van der Waals surface area contributed by atoms with Crippen LogP contribution in [-0.4, -0.2) is 54.6 Å². The normalized spacial score (nSPS) is 16.5. The predicted molar refractivity (Wildman–Crippen MR) is 160 cm³/mol. The van der Waals surface area contributed by atoms with Crippen molar-refractivity contribution in [2.75, 3.05) is 32.5 Å². The summed E-state index contributed by atoms with van der Waals surface area (Å²) in [6.07, 6.45) is 9.64. The number of benzene rings is 2. The highest BCUT2D eigenvalue weighted by atomic mass is 31.2. The van der Waals surface area contributed by atoms with Crippen LogP contribution in [0, 0.1) is 5.92 Å². The first-order valence-electron chi connectivity index (χ1n) is 14.7. The first-order chi connectivity index (χ1) is 19.5. The molecule has 1 aromatic heterocycles. The van der Waals surface area contributed by atoms with Gasteiger partial charge in [-0.25, -0.2) is 5.09 Å². The summed E-state index contributed by atoms with van der Waals surface area (Å²) in [7, 11) is -3.36. The Morgan fingerprint density at radius 1 is 1.10 bits per heavy atom. The van der Waals surface area contributed by atoms with Crippen molar-refractivity contribution in [1.29, 1.82) is 0 Å². The van der Waals surface area contributed by atoms with Crippen LogP contribution in [0.5, 0.6) is 5.75 Å². The Balaban J connectivity index is 1.25. The molecule has 3 aromatic rings. The van der Waals surface area contributed by atoms with E-state index in [4.69, 9.17) is 9.26 Å². The van der Waals surface area contributed by atoms with Gasteiger partial charge >= 0.3 is 5.97 Å². The third kappa shape index (κ3) is 9.20. The molecule has 2 heterocycles. The highest BCUT2D eigenvalue weighted by Crippen LogP contribution is 2.44. The first-order valence-corrected chi connectivity index (χ1v) is 16.5. The van der Waals surface area contributed by atoms with E-state index in [-0.39, 0.29) is 19.2 Å². The monoisotopic (exact) mass is 569 g/mol. The van der Waals surface area contributed by atoms with Crippen LogP contribution in [0.2, 0.25) is 0 Å². The van der Waals surface area contributed by atoms with Crippen molar-refractivity contribution in [2.45, 2.75) is 64.3 Å². The number of carbonyl (C=O) groups is 1. The van der Waals surface area contributed by atoms with Crippen LogP contribution in [0.1, 0.15) is 56.6 Å². The molecule has 4 N–H and O–H groups in total. The molecule has 2 atom stereocenters. The summed E-state index contributed by atoms with van der Waals surface area (Å²) >= 11 is 0. The molecule has 2 unspecified atom stereocenters. The number of fused-ring (bicyclic) bond motifs is 1. The molecule has 40 heavy (non-hydrogen) atoms. The Kier molecular flexibility index (Phi) is 11.7. The van der Waals surface area contributed by atoms with Gasteiger partial charge in [0.25, 0.3) is 7.52 Å². The SMILES string of the molecule is CCCP(=O)(NC(Cc1ccc(OCCCCC2CCNCC2)cc1)C(=O)O)OCCc1c[nH]c2ccccc12. The van der Waals surface area contributed by atoms with Gasteiger partial charge in [0, 0.05) is 23.3 Å². The lowest BCUT2D eigenvalue weighted by atomic mass is 9.93. The van der Waals surface area contributed by atoms with E-state index < -0.39 is 19.5 Å². The zero-order chi connectivity index (χ0) is 28.2. The molecule has 9 heteroatoms. The molecular formula is C31H44N3O5P. The standard InChI is InChI=1S/C31H44N3O5P/c1-2-21-40(37,39-20-16-26-23-33-29-9-4-3-8-28(26)29)34-30(31(35)36)22-25-10-12-27(13-11-25)38-19-6-5-7-24-14-17-32-18-15-24/h3-4,8-13,23-24,30,32-33H,2,5-7,14-22H2,1H3,(H,34,37)(H,35,36). The summed E-state index contributed by atoms with van der Waals surface area (Å²) in [6.45, 7) is 5.11. The van der Waals surface area contributed by atoms with Gasteiger partial charge in [-0.3, -0.25) is 9.36 Å². The van der Waals surface area contributed by atoms with Gasteiger partial charge < -0.3 is 24.7 Å².